The number of nitrogens with one attached hydrogen (secondary N) is 1. The molecule has 1 aromatic heterocycles. The molecule has 0 aliphatic heterocycles. The van der Waals surface area contributed by atoms with Crippen LogP contribution in [0.2, 0.25) is 4.34 Å². The Kier molecular flexibility index (Phi) is 6.27. The summed E-state index contributed by atoms with van der Waals surface area (Å²) >= 11 is 7.36. The smallest absolute Gasteiger partial charge is 0.251 e. The molecule has 0 radical (unpaired) electrons. The van der Waals surface area contributed by atoms with E-state index < -0.39 is 0 Å². The van der Waals surface area contributed by atoms with E-state index in [0.717, 1.165) is 4.88 Å². The highest BCUT2D eigenvalue weighted by molar-refractivity contribution is 7.16. The first-order valence-corrected chi connectivity index (χ1v) is 8.06. The topological polar surface area (TPSA) is 56.8 Å². The normalized spacial score (nSPS) is 11.8. The molecule has 0 spiro atoms. The maximum Gasteiger partial charge on any atom is 0.251 e. The number of thiophene rings is 1. The number of rotatable bonds is 7. The first kappa shape index (κ1) is 17.6. The Labute approximate surface area is 144 Å². The monoisotopic (exact) mass is 355 g/mol. The van der Waals surface area contributed by atoms with Crippen LogP contribution in [0.5, 0.6) is 11.5 Å². The fourth-order valence-electron chi connectivity index (χ4n) is 2.03. The van der Waals surface area contributed by atoms with Gasteiger partial charge in [0.05, 0.1) is 18.6 Å². The zero-order chi connectivity index (χ0) is 16.8. The fourth-order valence-corrected chi connectivity index (χ4v) is 3.17. The van der Waals surface area contributed by atoms with Crippen LogP contribution in [0, 0.1) is 0 Å². The minimum absolute atomic E-state index is 0.230. The predicted octanol–water partition coefficient (Wildman–Crippen LogP) is 3.54. The number of carbonyl (C=O) groups is 1. The van der Waals surface area contributed by atoms with E-state index in [9.17, 15) is 4.79 Å². The first-order valence-electron chi connectivity index (χ1n) is 6.86. The Morgan fingerprint density at radius 3 is 2.30 bits per heavy atom. The van der Waals surface area contributed by atoms with E-state index in [1.807, 2.05) is 12.1 Å². The van der Waals surface area contributed by atoms with Gasteiger partial charge in [-0.15, -0.1) is 11.3 Å². The Balaban J connectivity index is 2.06. The van der Waals surface area contributed by atoms with Crippen LogP contribution >= 0.6 is 22.9 Å². The molecule has 0 bridgehead atoms. The van der Waals surface area contributed by atoms with Crippen molar-refractivity contribution < 1.29 is 19.0 Å². The van der Waals surface area contributed by atoms with Crippen molar-refractivity contribution >= 4 is 28.8 Å². The van der Waals surface area contributed by atoms with Gasteiger partial charge in [-0.05, 0) is 24.3 Å². The van der Waals surface area contributed by atoms with Crippen molar-refractivity contribution in [3.8, 4) is 11.5 Å². The van der Waals surface area contributed by atoms with Crippen LogP contribution in [-0.4, -0.2) is 33.8 Å². The second kappa shape index (κ2) is 8.19. The lowest BCUT2D eigenvalue weighted by Crippen LogP contribution is -2.28. The van der Waals surface area contributed by atoms with Gasteiger partial charge in [-0.25, -0.2) is 0 Å². The number of hydrogen-bond donors (Lipinski definition) is 1. The number of ether oxygens (including phenoxy) is 3. The van der Waals surface area contributed by atoms with Gasteiger partial charge >= 0.3 is 0 Å². The third-order valence-electron chi connectivity index (χ3n) is 3.26. The molecule has 1 amide bonds. The zero-order valence-corrected chi connectivity index (χ0v) is 14.7. The highest BCUT2D eigenvalue weighted by Crippen LogP contribution is 2.28. The minimum Gasteiger partial charge on any atom is -0.497 e. The van der Waals surface area contributed by atoms with Crippen LogP contribution in [0.1, 0.15) is 21.3 Å². The van der Waals surface area contributed by atoms with Gasteiger partial charge in [0.2, 0.25) is 0 Å². The van der Waals surface area contributed by atoms with Crippen LogP contribution in [0.25, 0.3) is 0 Å². The number of amides is 1. The van der Waals surface area contributed by atoms with E-state index in [2.05, 4.69) is 5.32 Å². The molecule has 0 saturated heterocycles. The standard InChI is InChI=1S/C16H18ClNO4S/c1-20-11-6-10(7-12(8-11)21-2)16(19)18-9-13(22-3)14-4-5-15(17)23-14/h4-8,13H,9H2,1-3H3,(H,18,19). The summed E-state index contributed by atoms with van der Waals surface area (Å²) < 4.78 is 16.4. The average Bonchev–Trinajstić information content (AvgIpc) is 3.00. The average molecular weight is 356 g/mol. The highest BCUT2D eigenvalue weighted by Gasteiger charge is 2.16. The van der Waals surface area contributed by atoms with Crippen molar-refractivity contribution in [3.63, 3.8) is 0 Å². The van der Waals surface area contributed by atoms with Crippen molar-refractivity contribution in [3.05, 3.63) is 45.1 Å². The second-order valence-electron chi connectivity index (χ2n) is 4.68. The van der Waals surface area contributed by atoms with Gasteiger partial charge in [0, 0.05) is 30.2 Å². The summed E-state index contributed by atoms with van der Waals surface area (Å²) in [6.45, 7) is 0.339. The molecule has 1 heterocycles. The van der Waals surface area contributed by atoms with Crippen molar-refractivity contribution in [2.45, 2.75) is 6.10 Å². The van der Waals surface area contributed by atoms with Crippen molar-refractivity contribution in [1.82, 2.24) is 5.32 Å². The van der Waals surface area contributed by atoms with Crippen LogP contribution in [0.3, 0.4) is 0 Å². The van der Waals surface area contributed by atoms with Gasteiger partial charge in [0.15, 0.2) is 0 Å². The molecule has 0 saturated carbocycles. The van der Waals surface area contributed by atoms with Crippen molar-refractivity contribution in [1.29, 1.82) is 0 Å². The lowest BCUT2D eigenvalue weighted by Gasteiger charge is -2.15. The summed E-state index contributed by atoms with van der Waals surface area (Å²) in [5.74, 6) is 0.887. The molecule has 1 aromatic carbocycles. The number of benzene rings is 1. The molecule has 0 fully saturated rings. The largest absolute Gasteiger partial charge is 0.497 e. The third kappa shape index (κ3) is 4.60. The van der Waals surface area contributed by atoms with Gasteiger partial charge in [0.25, 0.3) is 5.91 Å². The lowest BCUT2D eigenvalue weighted by molar-refractivity contribution is 0.0837. The molecule has 2 aromatic rings. The van der Waals surface area contributed by atoms with Crippen LogP contribution in [0.15, 0.2) is 30.3 Å². The molecule has 1 atom stereocenters. The van der Waals surface area contributed by atoms with Gasteiger partial charge in [-0.3, -0.25) is 4.79 Å². The molecule has 2 rings (SSSR count). The maximum atomic E-state index is 12.3. The molecule has 1 N–H and O–H groups in total. The summed E-state index contributed by atoms with van der Waals surface area (Å²) in [4.78, 5) is 13.3. The Morgan fingerprint density at radius 1 is 1.17 bits per heavy atom. The minimum atomic E-state index is -0.246. The quantitative estimate of drug-likeness (QED) is 0.825. The SMILES string of the molecule is COc1cc(OC)cc(C(=O)NCC(OC)c2ccc(Cl)s2)c1. The molecular formula is C16H18ClNO4S. The van der Waals surface area contributed by atoms with E-state index in [0.29, 0.717) is 27.9 Å². The molecule has 5 nitrogen and oxygen atoms in total. The number of hydrogen-bond acceptors (Lipinski definition) is 5. The van der Waals surface area contributed by atoms with Gasteiger partial charge in [0.1, 0.15) is 17.6 Å². The fraction of sp³-hybridized carbons (Fsp3) is 0.312. The summed E-state index contributed by atoms with van der Waals surface area (Å²) in [5, 5.41) is 2.85. The molecule has 23 heavy (non-hydrogen) atoms. The van der Waals surface area contributed by atoms with Gasteiger partial charge < -0.3 is 19.5 Å². The van der Waals surface area contributed by atoms with Gasteiger partial charge in [-0.2, -0.15) is 0 Å². The summed E-state index contributed by atoms with van der Waals surface area (Å²) in [6.07, 6.45) is -0.246. The Hall–Kier alpha value is -1.76. The van der Waals surface area contributed by atoms with Gasteiger partial charge in [-0.1, -0.05) is 11.6 Å². The summed E-state index contributed by atoms with van der Waals surface area (Å²) in [7, 11) is 4.68. The molecule has 1 unspecified atom stereocenters. The molecular weight excluding hydrogens is 338 g/mol. The van der Waals surface area contributed by atoms with E-state index in [1.54, 1.807) is 25.3 Å². The number of methoxy groups -OCH3 is 3. The van der Waals surface area contributed by atoms with E-state index in [1.165, 1.54) is 25.6 Å². The van der Waals surface area contributed by atoms with E-state index in [4.69, 9.17) is 25.8 Å². The van der Waals surface area contributed by atoms with Crippen molar-refractivity contribution in [2.75, 3.05) is 27.9 Å². The molecule has 0 aliphatic rings. The highest BCUT2D eigenvalue weighted by atomic mass is 35.5. The number of halogens is 1. The lowest BCUT2D eigenvalue weighted by atomic mass is 10.2. The van der Waals surface area contributed by atoms with Crippen molar-refractivity contribution in [2.24, 2.45) is 0 Å². The van der Waals surface area contributed by atoms with E-state index in [-0.39, 0.29) is 12.0 Å². The Bertz CT molecular complexity index is 652. The second-order valence-corrected chi connectivity index (χ2v) is 6.42. The maximum absolute atomic E-state index is 12.3. The molecule has 124 valence electrons. The first-order chi connectivity index (χ1) is 11.1. The number of carbonyl (C=O) groups excluding carboxylic acids is 1. The molecule has 0 aliphatic carbocycles. The van der Waals surface area contributed by atoms with Crippen LogP contribution in [0.4, 0.5) is 0 Å². The predicted molar refractivity (Wildman–Crippen MR) is 91.0 cm³/mol. The van der Waals surface area contributed by atoms with Crippen LogP contribution in [-0.2, 0) is 4.74 Å². The summed E-state index contributed by atoms with van der Waals surface area (Å²) in [6, 6.07) is 8.72. The summed E-state index contributed by atoms with van der Waals surface area (Å²) in [5.41, 5.74) is 0.459. The third-order valence-corrected chi connectivity index (χ3v) is 4.58. The zero-order valence-electron chi connectivity index (χ0n) is 13.1. The molecule has 7 heteroatoms. The van der Waals surface area contributed by atoms with Crippen LogP contribution < -0.4 is 14.8 Å². The van der Waals surface area contributed by atoms with E-state index >= 15 is 0 Å². The Morgan fingerprint density at radius 2 is 1.83 bits per heavy atom.